The zero-order valence-corrected chi connectivity index (χ0v) is 11.4. The average molecular weight is 289 g/mol. The Kier molecular flexibility index (Phi) is 6.29. The minimum Gasteiger partial charge on any atom is -0.310 e. The number of nitrogens with one attached hydrogen (secondary N) is 1. The molecular formula is C9H18Cl2N2O2S. The van der Waals surface area contributed by atoms with Gasteiger partial charge in [-0.15, -0.1) is 31.4 Å². The molecule has 7 heteroatoms. The van der Waals surface area contributed by atoms with Crippen LogP contribution >= 0.6 is 24.8 Å². The van der Waals surface area contributed by atoms with Crippen LogP contribution in [0.15, 0.2) is 12.7 Å². The maximum absolute atomic E-state index is 11.5. The highest BCUT2D eigenvalue weighted by Gasteiger charge is 2.42. The molecule has 2 heterocycles. The van der Waals surface area contributed by atoms with E-state index in [1.54, 1.807) is 0 Å². The van der Waals surface area contributed by atoms with Crippen LogP contribution in [0.4, 0.5) is 0 Å². The fourth-order valence-corrected chi connectivity index (χ4v) is 4.32. The number of sulfone groups is 1. The molecule has 2 fully saturated rings. The van der Waals surface area contributed by atoms with E-state index in [0.29, 0.717) is 11.5 Å². The molecule has 4 nitrogen and oxygen atoms in total. The normalized spacial score (nSPS) is 32.0. The van der Waals surface area contributed by atoms with E-state index in [0.717, 1.165) is 19.6 Å². The molecular weight excluding hydrogens is 271 g/mol. The van der Waals surface area contributed by atoms with Gasteiger partial charge in [0.25, 0.3) is 0 Å². The van der Waals surface area contributed by atoms with Crippen molar-refractivity contribution < 1.29 is 8.42 Å². The van der Waals surface area contributed by atoms with Crippen molar-refractivity contribution in [1.29, 1.82) is 0 Å². The van der Waals surface area contributed by atoms with Gasteiger partial charge in [-0.3, -0.25) is 4.90 Å². The highest BCUT2D eigenvalue weighted by atomic mass is 35.5. The summed E-state index contributed by atoms with van der Waals surface area (Å²) in [6, 6.07) is 0.292. The van der Waals surface area contributed by atoms with Gasteiger partial charge in [0.05, 0.1) is 11.5 Å². The largest absolute Gasteiger partial charge is 0.310 e. The molecule has 0 unspecified atom stereocenters. The van der Waals surface area contributed by atoms with E-state index < -0.39 is 9.84 Å². The van der Waals surface area contributed by atoms with Crippen molar-refractivity contribution in [1.82, 2.24) is 10.2 Å². The summed E-state index contributed by atoms with van der Waals surface area (Å²) in [5.74, 6) is 0.601. The minimum absolute atomic E-state index is 0. The Hall–Kier alpha value is 0.190. The molecule has 0 aliphatic carbocycles. The third kappa shape index (κ3) is 3.34. The van der Waals surface area contributed by atoms with Crippen LogP contribution in [0.5, 0.6) is 0 Å². The molecule has 0 amide bonds. The first kappa shape index (κ1) is 16.2. The number of piperazine rings is 1. The van der Waals surface area contributed by atoms with Crippen molar-refractivity contribution >= 4 is 34.7 Å². The highest BCUT2D eigenvalue weighted by Crippen LogP contribution is 2.20. The lowest BCUT2D eigenvalue weighted by Gasteiger charge is -2.36. The van der Waals surface area contributed by atoms with Crippen LogP contribution < -0.4 is 5.32 Å². The first-order valence-corrected chi connectivity index (χ1v) is 6.73. The Morgan fingerprint density at radius 1 is 1.38 bits per heavy atom. The van der Waals surface area contributed by atoms with Gasteiger partial charge in [0.2, 0.25) is 0 Å². The van der Waals surface area contributed by atoms with Crippen LogP contribution in [0.25, 0.3) is 0 Å². The summed E-state index contributed by atoms with van der Waals surface area (Å²) < 4.78 is 22.9. The fourth-order valence-electron chi connectivity index (χ4n) is 2.34. The maximum atomic E-state index is 11.5. The molecule has 96 valence electrons. The van der Waals surface area contributed by atoms with Crippen LogP contribution in [0, 0.1) is 0 Å². The molecule has 2 saturated heterocycles. The minimum atomic E-state index is -2.82. The first-order valence-electron chi connectivity index (χ1n) is 4.91. The summed E-state index contributed by atoms with van der Waals surface area (Å²) in [6.07, 6.45) is 1.84. The van der Waals surface area contributed by atoms with Gasteiger partial charge >= 0.3 is 0 Å². The van der Waals surface area contributed by atoms with Gasteiger partial charge in [0.1, 0.15) is 0 Å². The van der Waals surface area contributed by atoms with Crippen LogP contribution in [-0.2, 0) is 9.84 Å². The van der Waals surface area contributed by atoms with Crippen molar-refractivity contribution in [3.05, 3.63) is 12.7 Å². The molecule has 2 atom stereocenters. The second-order valence-electron chi connectivity index (χ2n) is 3.99. The number of fused-ring (bicyclic) bond motifs is 1. The monoisotopic (exact) mass is 288 g/mol. The van der Waals surface area contributed by atoms with Gasteiger partial charge in [0.15, 0.2) is 9.84 Å². The quantitative estimate of drug-likeness (QED) is 0.732. The van der Waals surface area contributed by atoms with E-state index >= 15 is 0 Å². The molecule has 0 radical (unpaired) electrons. The molecule has 2 aliphatic rings. The first-order chi connectivity index (χ1) is 6.62. The molecule has 1 N–H and O–H groups in total. The number of hydrogen-bond acceptors (Lipinski definition) is 4. The zero-order chi connectivity index (χ0) is 10.2. The number of nitrogens with zero attached hydrogens (tertiary/aromatic N) is 1. The summed E-state index contributed by atoms with van der Waals surface area (Å²) in [5, 5.41) is 3.27. The van der Waals surface area contributed by atoms with Crippen LogP contribution in [-0.4, -0.2) is 56.5 Å². The van der Waals surface area contributed by atoms with Crippen molar-refractivity contribution in [2.24, 2.45) is 0 Å². The Bertz CT molecular complexity index is 334. The standard InChI is InChI=1S/C9H16N2O2S.2ClH/c1-2-4-11-5-3-10-8-6-14(12,13)7-9(8)11;;/h2,8-10H,1,3-7H2;2*1H/t8-,9+;;/m0../s1. The van der Waals surface area contributed by atoms with Crippen molar-refractivity contribution in [3.8, 4) is 0 Å². The molecule has 0 spiro atoms. The number of halogens is 2. The predicted molar refractivity (Wildman–Crippen MR) is 70.5 cm³/mol. The van der Waals surface area contributed by atoms with Gasteiger partial charge in [-0.2, -0.15) is 0 Å². The lowest BCUT2D eigenvalue weighted by Crippen LogP contribution is -2.57. The van der Waals surface area contributed by atoms with Crippen LogP contribution in [0.2, 0.25) is 0 Å². The summed E-state index contributed by atoms with van der Waals surface area (Å²) >= 11 is 0. The summed E-state index contributed by atoms with van der Waals surface area (Å²) in [5.41, 5.74) is 0. The lowest BCUT2D eigenvalue weighted by molar-refractivity contribution is 0.165. The number of hydrogen-bond donors (Lipinski definition) is 1. The van der Waals surface area contributed by atoms with Crippen molar-refractivity contribution in [2.45, 2.75) is 12.1 Å². The van der Waals surface area contributed by atoms with Gasteiger partial charge < -0.3 is 5.32 Å². The molecule has 2 aliphatic heterocycles. The maximum Gasteiger partial charge on any atom is 0.153 e. The molecule has 2 rings (SSSR count). The van der Waals surface area contributed by atoms with Gasteiger partial charge in [0, 0.05) is 31.7 Å². The second-order valence-corrected chi connectivity index (χ2v) is 6.14. The Balaban J connectivity index is 0.00000112. The lowest BCUT2D eigenvalue weighted by atomic mass is 10.1. The molecule has 0 bridgehead atoms. The molecule has 0 aromatic carbocycles. The van der Waals surface area contributed by atoms with E-state index in [9.17, 15) is 8.42 Å². The van der Waals surface area contributed by atoms with E-state index in [2.05, 4.69) is 16.8 Å². The third-order valence-corrected chi connectivity index (χ3v) is 4.68. The Morgan fingerprint density at radius 2 is 2.06 bits per heavy atom. The van der Waals surface area contributed by atoms with E-state index in [4.69, 9.17) is 0 Å². The van der Waals surface area contributed by atoms with E-state index in [1.807, 2.05) is 6.08 Å². The number of rotatable bonds is 2. The average Bonchev–Trinajstić information content (AvgIpc) is 2.41. The fraction of sp³-hybridized carbons (Fsp3) is 0.778. The predicted octanol–water partition coefficient (Wildman–Crippen LogP) is 0.0868. The Labute approximate surface area is 109 Å². The van der Waals surface area contributed by atoms with Crippen LogP contribution in [0.3, 0.4) is 0 Å². The summed E-state index contributed by atoms with van der Waals surface area (Å²) in [6.45, 7) is 6.28. The summed E-state index contributed by atoms with van der Waals surface area (Å²) in [4.78, 5) is 2.21. The van der Waals surface area contributed by atoms with Crippen LogP contribution in [0.1, 0.15) is 0 Å². The smallest absolute Gasteiger partial charge is 0.153 e. The Morgan fingerprint density at radius 3 is 2.69 bits per heavy atom. The topological polar surface area (TPSA) is 49.4 Å². The third-order valence-electron chi connectivity index (χ3n) is 2.96. The van der Waals surface area contributed by atoms with Gasteiger partial charge in [-0.05, 0) is 0 Å². The molecule has 16 heavy (non-hydrogen) atoms. The SMILES string of the molecule is C=CCN1CCN[C@H]2CS(=O)(=O)C[C@H]21.Cl.Cl. The van der Waals surface area contributed by atoms with E-state index in [-0.39, 0.29) is 36.9 Å². The van der Waals surface area contributed by atoms with Crippen molar-refractivity contribution in [3.63, 3.8) is 0 Å². The zero-order valence-electron chi connectivity index (χ0n) is 8.96. The molecule has 0 aromatic rings. The molecule has 0 aromatic heterocycles. The van der Waals surface area contributed by atoms with Gasteiger partial charge in [-0.1, -0.05) is 6.08 Å². The second kappa shape index (κ2) is 6.21. The highest BCUT2D eigenvalue weighted by molar-refractivity contribution is 7.91. The van der Waals surface area contributed by atoms with Crippen molar-refractivity contribution in [2.75, 3.05) is 31.1 Å². The van der Waals surface area contributed by atoms with Gasteiger partial charge in [-0.25, -0.2) is 8.42 Å². The summed E-state index contributed by atoms with van der Waals surface area (Å²) in [7, 11) is -2.82. The van der Waals surface area contributed by atoms with E-state index in [1.165, 1.54) is 0 Å². The molecule has 0 saturated carbocycles.